The van der Waals surface area contributed by atoms with E-state index >= 15 is 0 Å². The lowest BCUT2D eigenvalue weighted by atomic mass is 10.0. The molecule has 0 aliphatic rings. The number of hydrogen-bond donors (Lipinski definition) is 0. The fraction of sp³-hybridized carbons (Fsp3) is 0. The minimum Gasteiger partial charge on any atom is -0.456 e. The van der Waals surface area contributed by atoms with Crippen molar-refractivity contribution in [2.24, 2.45) is 0 Å². The third kappa shape index (κ3) is 5.62. The van der Waals surface area contributed by atoms with Gasteiger partial charge in [0.05, 0.1) is 22.1 Å². The van der Waals surface area contributed by atoms with Crippen LogP contribution in [-0.4, -0.2) is 19.5 Å². The Morgan fingerprint density at radius 3 is 1.61 bits per heavy atom. The normalized spacial score (nSPS) is 11.5. The van der Waals surface area contributed by atoms with Crippen molar-refractivity contribution in [2.75, 3.05) is 4.90 Å². The summed E-state index contributed by atoms with van der Waals surface area (Å²) in [6.45, 7) is 0. The molecule has 0 bridgehead atoms. The first kappa shape index (κ1) is 32.6. The lowest BCUT2D eigenvalue weighted by molar-refractivity contribution is 0.669. The van der Waals surface area contributed by atoms with Crippen LogP contribution in [-0.2, 0) is 0 Å². The lowest BCUT2D eigenvalue weighted by Crippen LogP contribution is -2.11. The van der Waals surface area contributed by atoms with Gasteiger partial charge in [0.2, 0.25) is 0 Å². The van der Waals surface area contributed by atoms with E-state index in [1.54, 1.807) is 0 Å². The highest BCUT2D eigenvalue weighted by Crippen LogP contribution is 2.46. The zero-order valence-corrected chi connectivity index (χ0v) is 30.7. The van der Waals surface area contributed by atoms with Crippen molar-refractivity contribution in [2.45, 2.75) is 0 Å². The van der Waals surface area contributed by atoms with Gasteiger partial charge in [0.1, 0.15) is 11.2 Å². The number of nitrogens with zero attached hydrogens (tertiary/aromatic N) is 5. The van der Waals surface area contributed by atoms with Gasteiger partial charge >= 0.3 is 0 Å². The van der Waals surface area contributed by atoms with Gasteiger partial charge < -0.3 is 13.9 Å². The number of aromatic nitrogens is 4. The van der Waals surface area contributed by atoms with E-state index in [0.717, 1.165) is 72.4 Å². The van der Waals surface area contributed by atoms with E-state index in [1.165, 1.54) is 10.8 Å². The number of fused-ring (bicyclic) bond motifs is 6. The summed E-state index contributed by atoms with van der Waals surface area (Å²) in [5.41, 5.74) is 10.5. The molecule has 0 atom stereocenters. The Morgan fingerprint density at radius 2 is 0.930 bits per heavy atom. The van der Waals surface area contributed by atoms with Crippen LogP contribution in [0.25, 0.3) is 83.6 Å². The molecule has 0 saturated carbocycles. The third-order valence-electron chi connectivity index (χ3n) is 10.6. The highest BCUT2D eigenvalue weighted by atomic mass is 16.3. The minimum absolute atomic E-state index is 0.555. The number of anilines is 3. The zero-order valence-electron chi connectivity index (χ0n) is 30.7. The molecule has 6 nitrogen and oxygen atoms in total. The Balaban J connectivity index is 1.20. The molecule has 0 saturated heterocycles. The standard InChI is InChI=1S/C51H33N5O/c1-5-17-34(18-6-1)49-52-50(35-19-7-2-8-20-35)54-51(53-49)36-31-45(48-42-26-14-16-28-46(42)57-47(48)32-36)55(37-21-9-3-10-22-37)39-29-30-41-40-25-13-15-27-43(40)56(44(41)33-39)38-23-11-4-12-24-38/h1-33H. The summed E-state index contributed by atoms with van der Waals surface area (Å²) in [4.78, 5) is 17.6. The molecule has 0 N–H and O–H groups in total. The van der Waals surface area contributed by atoms with E-state index < -0.39 is 0 Å². The molecule has 11 rings (SSSR count). The first-order valence-corrected chi connectivity index (χ1v) is 19.0. The van der Waals surface area contributed by atoms with Gasteiger partial charge in [-0.25, -0.2) is 15.0 Å². The minimum atomic E-state index is 0.555. The van der Waals surface area contributed by atoms with Crippen molar-refractivity contribution in [1.29, 1.82) is 0 Å². The predicted octanol–water partition coefficient (Wildman–Crippen LogP) is 13.3. The lowest BCUT2D eigenvalue weighted by Gasteiger charge is -2.27. The summed E-state index contributed by atoms with van der Waals surface area (Å²) in [5, 5.41) is 4.42. The van der Waals surface area contributed by atoms with E-state index in [1.807, 2.05) is 72.8 Å². The van der Waals surface area contributed by atoms with Gasteiger partial charge in [0.25, 0.3) is 0 Å². The molecule has 8 aromatic carbocycles. The molecule has 11 aromatic rings. The van der Waals surface area contributed by atoms with Crippen molar-refractivity contribution in [3.05, 3.63) is 200 Å². The highest BCUT2D eigenvalue weighted by Gasteiger charge is 2.24. The second kappa shape index (κ2) is 13.5. The van der Waals surface area contributed by atoms with E-state index in [0.29, 0.717) is 17.5 Å². The van der Waals surface area contributed by atoms with Gasteiger partial charge in [0, 0.05) is 49.9 Å². The van der Waals surface area contributed by atoms with Crippen LogP contribution in [0.15, 0.2) is 205 Å². The molecule has 0 spiro atoms. The van der Waals surface area contributed by atoms with E-state index in [9.17, 15) is 0 Å². The average molecular weight is 732 g/mol. The van der Waals surface area contributed by atoms with E-state index in [4.69, 9.17) is 19.4 Å². The van der Waals surface area contributed by atoms with Gasteiger partial charge in [-0.1, -0.05) is 140 Å². The first-order valence-electron chi connectivity index (χ1n) is 19.0. The van der Waals surface area contributed by atoms with Crippen molar-refractivity contribution >= 4 is 60.8 Å². The van der Waals surface area contributed by atoms with Crippen LogP contribution >= 0.6 is 0 Å². The molecule has 268 valence electrons. The van der Waals surface area contributed by atoms with Gasteiger partial charge in [-0.05, 0) is 60.7 Å². The first-order chi connectivity index (χ1) is 28.3. The molecule has 3 heterocycles. The molecule has 0 radical (unpaired) electrons. The fourth-order valence-electron chi connectivity index (χ4n) is 8.03. The molecule has 3 aromatic heterocycles. The topological polar surface area (TPSA) is 60.0 Å². The van der Waals surface area contributed by atoms with Crippen LogP contribution in [0.1, 0.15) is 0 Å². The molecule has 0 aliphatic carbocycles. The Morgan fingerprint density at radius 1 is 0.386 bits per heavy atom. The Hall–Kier alpha value is -7.83. The van der Waals surface area contributed by atoms with E-state index in [-0.39, 0.29) is 0 Å². The summed E-state index contributed by atoms with van der Waals surface area (Å²) in [7, 11) is 0. The maximum atomic E-state index is 6.69. The maximum absolute atomic E-state index is 6.69. The number of rotatable bonds is 7. The largest absolute Gasteiger partial charge is 0.456 e. The second-order valence-corrected chi connectivity index (χ2v) is 14.1. The van der Waals surface area contributed by atoms with Crippen molar-refractivity contribution in [3.8, 4) is 39.9 Å². The summed E-state index contributed by atoms with van der Waals surface area (Å²) >= 11 is 0. The van der Waals surface area contributed by atoms with Gasteiger partial charge in [-0.15, -0.1) is 0 Å². The Kier molecular flexibility index (Phi) is 7.71. The van der Waals surface area contributed by atoms with Crippen molar-refractivity contribution in [3.63, 3.8) is 0 Å². The molecule has 57 heavy (non-hydrogen) atoms. The van der Waals surface area contributed by atoms with Crippen LogP contribution in [0.3, 0.4) is 0 Å². The van der Waals surface area contributed by atoms with Crippen LogP contribution in [0, 0.1) is 0 Å². The van der Waals surface area contributed by atoms with Crippen LogP contribution in [0.2, 0.25) is 0 Å². The summed E-state index contributed by atoms with van der Waals surface area (Å²) in [5.74, 6) is 1.76. The molecule has 0 fully saturated rings. The average Bonchev–Trinajstić information content (AvgIpc) is 3.83. The Labute approximate surface area is 328 Å². The van der Waals surface area contributed by atoms with Crippen LogP contribution < -0.4 is 4.90 Å². The monoisotopic (exact) mass is 731 g/mol. The molecule has 0 amide bonds. The zero-order chi connectivity index (χ0) is 37.7. The molecule has 0 aliphatic heterocycles. The number of furan rings is 1. The Bertz CT molecular complexity index is 3170. The predicted molar refractivity (Wildman–Crippen MR) is 232 cm³/mol. The smallest absolute Gasteiger partial charge is 0.164 e. The maximum Gasteiger partial charge on any atom is 0.164 e. The third-order valence-corrected chi connectivity index (χ3v) is 10.6. The molecular weight excluding hydrogens is 699 g/mol. The fourth-order valence-corrected chi connectivity index (χ4v) is 8.03. The SMILES string of the molecule is c1ccc(-c2nc(-c3ccccc3)nc(-c3cc(N(c4ccccc4)c4ccc5c6ccccc6n(-c6ccccc6)c5c4)c4c(c3)oc3ccccc34)n2)cc1. The van der Waals surface area contributed by atoms with Crippen molar-refractivity contribution < 1.29 is 4.42 Å². The van der Waals surface area contributed by atoms with E-state index in [2.05, 4.69) is 137 Å². The molecule has 0 unspecified atom stereocenters. The van der Waals surface area contributed by atoms with Gasteiger partial charge in [0.15, 0.2) is 17.5 Å². The van der Waals surface area contributed by atoms with Gasteiger partial charge in [-0.2, -0.15) is 0 Å². The quantitative estimate of drug-likeness (QED) is 0.163. The number of hydrogen-bond acceptors (Lipinski definition) is 5. The number of para-hydroxylation sites is 4. The highest BCUT2D eigenvalue weighted by molar-refractivity contribution is 6.15. The summed E-state index contributed by atoms with van der Waals surface area (Å²) in [6.07, 6.45) is 0. The summed E-state index contributed by atoms with van der Waals surface area (Å²) in [6, 6.07) is 69.2. The summed E-state index contributed by atoms with van der Waals surface area (Å²) < 4.78 is 9.05. The molecule has 6 heteroatoms. The van der Waals surface area contributed by atoms with Crippen LogP contribution in [0.4, 0.5) is 17.1 Å². The van der Waals surface area contributed by atoms with Crippen LogP contribution in [0.5, 0.6) is 0 Å². The second-order valence-electron chi connectivity index (χ2n) is 14.1. The molecular formula is C51H33N5O. The van der Waals surface area contributed by atoms with Gasteiger partial charge in [-0.3, -0.25) is 0 Å². The van der Waals surface area contributed by atoms with Crippen molar-refractivity contribution in [1.82, 2.24) is 19.5 Å². The number of benzene rings is 8.